The third kappa shape index (κ3) is 5.08. The second-order valence-electron chi connectivity index (χ2n) is 7.89. The number of rotatable bonds is 7. The molecule has 0 atom stereocenters. The molecule has 1 fully saturated rings. The highest BCUT2D eigenvalue weighted by Gasteiger charge is 2.23. The van der Waals surface area contributed by atoms with Crippen LogP contribution in [-0.4, -0.2) is 66.2 Å². The average molecular weight is 437 g/mol. The molecule has 2 aromatic carbocycles. The van der Waals surface area contributed by atoms with Gasteiger partial charge in [0.2, 0.25) is 17.6 Å². The highest BCUT2D eigenvalue weighted by molar-refractivity contribution is 5.79. The number of piperazine rings is 1. The first kappa shape index (κ1) is 21.8. The lowest BCUT2D eigenvalue weighted by Crippen LogP contribution is -2.48. The van der Waals surface area contributed by atoms with E-state index in [1.807, 2.05) is 48.2 Å². The zero-order chi connectivity index (χ0) is 22.5. The molecular formula is C24H28N4O4. The fraction of sp³-hybridized carbons (Fsp3) is 0.375. The van der Waals surface area contributed by atoms with Crippen LogP contribution in [0.2, 0.25) is 0 Å². The number of hydrogen-bond acceptors (Lipinski definition) is 7. The first-order valence-corrected chi connectivity index (χ1v) is 10.7. The van der Waals surface area contributed by atoms with Crippen molar-refractivity contribution in [2.75, 3.05) is 40.4 Å². The van der Waals surface area contributed by atoms with Gasteiger partial charge >= 0.3 is 0 Å². The second kappa shape index (κ2) is 9.82. The molecular weight excluding hydrogens is 408 g/mol. The van der Waals surface area contributed by atoms with Crippen LogP contribution in [0.1, 0.15) is 17.0 Å². The molecule has 3 aromatic rings. The van der Waals surface area contributed by atoms with Crippen LogP contribution in [0.4, 0.5) is 0 Å². The van der Waals surface area contributed by atoms with Crippen LogP contribution in [-0.2, 0) is 17.8 Å². The van der Waals surface area contributed by atoms with Gasteiger partial charge in [0.05, 0.1) is 27.2 Å². The van der Waals surface area contributed by atoms with E-state index in [-0.39, 0.29) is 5.91 Å². The van der Waals surface area contributed by atoms with Crippen molar-refractivity contribution in [2.45, 2.75) is 19.9 Å². The third-order valence-corrected chi connectivity index (χ3v) is 5.70. The van der Waals surface area contributed by atoms with Crippen LogP contribution in [0, 0.1) is 6.92 Å². The van der Waals surface area contributed by atoms with E-state index in [0.29, 0.717) is 49.3 Å². The van der Waals surface area contributed by atoms with Gasteiger partial charge in [-0.1, -0.05) is 41.1 Å². The number of amides is 1. The minimum atomic E-state index is 0.0903. The van der Waals surface area contributed by atoms with Gasteiger partial charge in [-0.15, -0.1) is 0 Å². The zero-order valence-corrected chi connectivity index (χ0v) is 18.7. The summed E-state index contributed by atoms with van der Waals surface area (Å²) in [6.45, 7) is 5.46. The Balaban J connectivity index is 1.30. The van der Waals surface area contributed by atoms with Gasteiger partial charge in [-0.2, -0.15) is 4.98 Å². The monoisotopic (exact) mass is 436 g/mol. The molecule has 0 aliphatic carbocycles. The molecule has 0 unspecified atom stereocenters. The number of nitrogens with zero attached hydrogens (tertiary/aromatic N) is 4. The van der Waals surface area contributed by atoms with Crippen molar-refractivity contribution in [3.63, 3.8) is 0 Å². The normalized spacial score (nSPS) is 14.4. The Hall–Kier alpha value is -3.39. The van der Waals surface area contributed by atoms with E-state index in [2.05, 4.69) is 15.0 Å². The number of carbonyl (C=O) groups excluding carboxylic acids is 1. The predicted molar refractivity (Wildman–Crippen MR) is 120 cm³/mol. The first-order valence-electron chi connectivity index (χ1n) is 10.7. The maximum atomic E-state index is 12.8. The van der Waals surface area contributed by atoms with Crippen LogP contribution in [0.3, 0.4) is 0 Å². The molecule has 0 radical (unpaired) electrons. The molecule has 0 spiro atoms. The Kier molecular flexibility index (Phi) is 6.70. The van der Waals surface area contributed by atoms with Crippen molar-refractivity contribution in [3.05, 3.63) is 59.5 Å². The summed E-state index contributed by atoms with van der Waals surface area (Å²) < 4.78 is 16.1. The van der Waals surface area contributed by atoms with E-state index in [9.17, 15) is 4.79 Å². The van der Waals surface area contributed by atoms with E-state index in [4.69, 9.17) is 14.0 Å². The summed E-state index contributed by atoms with van der Waals surface area (Å²) in [6.07, 6.45) is 0.302. The maximum Gasteiger partial charge on any atom is 0.241 e. The quantitative estimate of drug-likeness (QED) is 0.563. The molecule has 8 heteroatoms. The zero-order valence-electron chi connectivity index (χ0n) is 18.7. The summed E-state index contributed by atoms with van der Waals surface area (Å²) in [5.74, 6) is 2.65. The summed E-state index contributed by atoms with van der Waals surface area (Å²) >= 11 is 0. The van der Waals surface area contributed by atoms with E-state index in [1.165, 1.54) is 5.56 Å². The summed E-state index contributed by atoms with van der Waals surface area (Å²) in [5, 5.41) is 4.10. The summed E-state index contributed by atoms with van der Waals surface area (Å²) in [4.78, 5) is 21.5. The fourth-order valence-electron chi connectivity index (χ4n) is 3.76. The van der Waals surface area contributed by atoms with E-state index in [1.54, 1.807) is 20.3 Å². The van der Waals surface area contributed by atoms with E-state index < -0.39 is 0 Å². The molecule has 4 rings (SSSR count). The molecule has 0 bridgehead atoms. The number of aryl methyl sites for hydroxylation is 1. The van der Waals surface area contributed by atoms with Crippen LogP contribution >= 0.6 is 0 Å². The molecule has 2 heterocycles. The highest BCUT2D eigenvalue weighted by atomic mass is 16.5. The van der Waals surface area contributed by atoms with E-state index >= 15 is 0 Å². The Morgan fingerprint density at radius 3 is 2.47 bits per heavy atom. The standard InChI is InChI=1S/C24H28N4O4/c1-17-4-6-18(7-5-17)24-25-22(32-26-24)16-27-10-12-28(13-11-27)23(29)14-19-8-9-20(30-2)15-21(19)31-3/h4-9,15H,10-14,16H2,1-3H3. The van der Waals surface area contributed by atoms with Crippen molar-refractivity contribution in [1.29, 1.82) is 0 Å². The third-order valence-electron chi connectivity index (χ3n) is 5.70. The molecule has 0 N–H and O–H groups in total. The van der Waals surface area contributed by atoms with Gasteiger partial charge in [-0.05, 0) is 13.0 Å². The minimum Gasteiger partial charge on any atom is -0.497 e. The lowest BCUT2D eigenvalue weighted by atomic mass is 10.1. The largest absolute Gasteiger partial charge is 0.497 e. The number of ether oxygens (including phenoxy) is 2. The second-order valence-corrected chi connectivity index (χ2v) is 7.89. The molecule has 32 heavy (non-hydrogen) atoms. The highest BCUT2D eigenvalue weighted by Crippen LogP contribution is 2.25. The van der Waals surface area contributed by atoms with Gasteiger partial charge in [-0.25, -0.2) is 0 Å². The van der Waals surface area contributed by atoms with E-state index in [0.717, 1.165) is 24.2 Å². The van der Waals surface area contributed by atoms with Crippen LogP contribution in [0.25, 0.3) is 11.4 Å². The van der Waals surface area contributed by atoms with Gasteiger partial charge in [0.1, 0.15) is 11.5 Å². The van der Waals surface area contributed by atoms with Gasteiger partial charge < -0.3 is 18.9 Å². The number of methoxy groups -OCH3 is 2. The molecule has 1 aliphatic rings. The van der Waals surface area contributed by atoms with Crippen LogP contribution in [0.5, 0.6) is 11.5 Å². The SMILES string of the molecule is COc1ccc(CC(=O)N2CCN(Cc3nc(-c4ccc(C)cc4)no3)CC2)c(OC)c1. The van der Waals surface area contributed by atoms with Crippen LogP contribution in [0.15, 0.2) is 47.0 Å². The number of hydrogen-bond donors (Lipinski definition) is 0. The van der Waals surface area contributed by atoms with Crippen molar-refractivity contribution in [3.8, 4) is 22.9 Å². The maximum absolute atomic E-state index is 12.8. The topological polar surface area (TPSA) is 80.9 Å². The molecule has 8 nitrogen and oxygen atoms in total. The Morgan fingerprint density at radius 2 is 1.78 bits per heavy atom. The van der Waals surface area contributed by atoms with Crippen molar-refractivity contribution < 1.29 is 18.8 Å². The molecule has 0 saturated carbocycles. The van der Waals surface area contributed by atoms with Gasteiger partial charge in [-0.3, -0.25) is 9.69 Å². The molecule has 1 amide bonds. The minimum absolute atomic E-state index is 0.0903. The van der Waals surface area contributed by atoms with Crippen LogP contribution < -0.4 is 9.47 Å². The average Bonchev–Trinajstić information content (AvgIpc) is 3.28. The van der Waals surface area contributed by atoms with Crippen molar-refractivity contribution in [2.24, 2.45) is 0 Å². The number of aromatic nitrogens is 2. The van der Waals surface area contributed by atoms with Crippen molar-refractivity contribution in [1.82, 2.24) is 19.9 Å². The molecule has 1 saturated heterocycles. The first-order chi connectivity index (χ1) is 15.6. The summed E-state index contributed by atoms with van der Waals surface area (Å²) in [5.41, 5.74) is 2.99. The summed E-state index contributed by atoms with van der Waals surface area (Å²) in [6, 6.07) is 13.6. The summed E-state index contributed by atoms with van der Waals surface area (Å²) in [7, 11) is 3.21. The Labute approximate surface area is 187 Å². The van der Waals surface area contributed by atoms with Gasteiger partial charge in [0.15, 0.2) is 0 Å². The lowest BCUT2D eigenvalue weighted by molar-refractivity contribution is -0.132. The molecule has 168 valence electrons. The number of carbonyl (C=O) groups is 1. The predicted octanol–water partition coefficient (Wildman–Crippen LogP) is 2.95. The molecule has 1 aliphatic heterocycles. The van der Waals surface area contributed by atoms with Gasteiger partial charge in [0, 0.05) is 43.4 Å². The smallest absolute Gasteiger partial charge is 0.241 e. The number of benzene rings is 2. The van der Waals surface area contributed by atoms with Crippen molar-refractivity contribution >= 4 is 5.91 Å². The molecule has 1 aromatic heterocycles. The lowest BCUT2D eigenvalue weighted by Gasteiger charge is -2.34. The Bertz CT molecular complexity index is 1060. The fourth-order valence-corrected chi connectivity index (χ4v) is 3.76. The van der Waals surface area contributed by atoms with Gasteiger partial charge in [0.25, 0.3) is 0 Å². The Morgan fingerprint density at radius 1 is 1.03 bits per heavy atom.